The van der Waals surface area contributed by atoms with E-state index in [0.717, 1.165) is 10.0 Å². The monoisotopic (exact) mass is 357 g/mol. The third kappa shape index (κ3) is 3.51. The largest absolute Gasteiger partial charge is 0.481 e. The molecule has 0 saturated carbocycles. The number of benzene rings is 2. The van der Waals surface area contributed by atoms with Crippen LogP contribution in [-0.2, 0) is 0 Å². The van der Waals surface area contributed by atoms with Crippen LogP contribution in [0.1, 0.15) is 18.6 Å². The van der Waals surface area contributed by atoms with Gasteiger partial charge in [0.15, 0.2) is 11.6 Å². The molecule has 0 radical (unpaired) electrons. The lowest BCUT2D eigenvalue weighted by Gasteiger charge is -2.23. The molecule has 0 heterocycles. The number of nitrogens with two attached hydrogens (primary N) is 1. The van der Waals surface area contributed by atoms with Crippen LogP contribution in [-0.4, -0.2) is 6.04 Å². The second-order valence-corrected chi connectivity index (χ2v) is 5.83. The van der Waals surface area contributed by atoms with Crippen molar-refractivity contribution >= 4 is 27.5 Å². The molecule has 0 aliphatic rings. The Labute approximate surface area is 130 Å². The van der Waals surface area contributed by atoms with E-state index in [2.05, 4.69) is 15.9 Å². The third-order valence-corrected chi connectivity index (χ3v) is 3.61. The molecule has 5 heteroatoms. The van der Waals surface area contributed by atoms with Crippen LogP contribution in [0.25, 0.3) is 0 Å². The van der Waals surface area contributed by atoms with Crippen molar-refractivity contribution in [1.82, 2.24) is 0 Å². The highest BCUT2D eigenvalue weighted by atomic mass is 79.9. The number of hydrogen-bond acceptors (Lipinski definition) is 2. The first-order valence-corrected chi connectivity index (χ1v) is 7.28. The van der Waals surface area contributed by atoms with E-state index in [1.54, 1.807) is 6.07 Å². The molecule has 0 aliphatic heterocycles. The van der Waals surface area contributed by atoms with E-state index >= 15 is 0 Å². The zero-order valence-electron chi connectivity index (χ0n) is 10.8. The second-order valence-electron chi connectivity index (χ2n) is 4.50. The molecule has 2 nitrogen and oxygen atoms in total. The van der Waals surface area contributed by atoms with Gasteiger partial charge in [0.25, 0.3) is 0 Å². The summed E-state index contributed by atoms with van der Waals surface area (Å²) in [6, 6.07) is 11.9. The van der Waals surface area contributed by atoms with Gasteiger partial charge in [-0.2, -0.15) is 0 Å². The van der Waals surface area contributed by atoms with E-state index < -0.39 is 11.9 Å². The SMILES string of the molecule is CC(N)C(Oc1cccc(Cl)c1F)c1cccc(Br)c1. The van der Waals surface area contributed by atoms with Gasteiger partial charge in [-0.1, -0.05) is 45.7 Å². The van der Waals surface area contributed by atoms with Crippen molar-refractivity contribution in [3.8, 4) is 5.75 Å². The minimum absolute atomic E-state index is 0.0279. The van der Waals surface area contributed by atoms with Crippen LogP contribution in [0.3, 0.4) is 0 Å². The standard InChI is InChI=1S/C15H14BrClFNO/c1-9(19)15(10-4-2-5-11(16)8-10)20-13-7-3-6-12(17)14(13)18/h2-9,15H,19H2,1H3. The maximum Gasteiger partial charge on any atom is 0.183 e. The van der Waals surface area contributed by atoms with Crippen molar-refractivity contribution in [2.24, 2.45) is 5.73 Å². The molecule has 2 aromatic rings. The van der Waals surface area contributed by atoms with Crippen molar-refractivity contribution in [3.63, 3.8) is 0 Å². The Balaban J connectivity index is 2.33. The first-order valence-electron chi connectivity index (χ1n) is 6.10. The highest BCUT2D eigenvalue weighted by Crippen LogP contribution is 2.30. The molecule has 0 saturated heterocycles. The average Bonchev–Trinajstić information content (AvgIpc) is 2.40. The van der Waals surface area contributed by atoms with Crippen LogP contribution < -0.4 is 10.5 Å². The molecule has 0 fully saturated rings. The van der Waals surface area contributed by atoms with Gasteiger partial charge in [-0.25, -0.2) is 4.39 Å². The smallest absolute Gasteiger partial charge is 0.183 e. The lowest BCUT2D eigenvalue weighted by molar-refractivity contribution is 0.172. The Morgan fingerprint density at radius 3 is 2.60 bits per heavy atom. The summed E-state index contributed by atoms with van der Waals surface area (Å²) < 4.78 is 20.5. The number of ether oxygens (including phenoxy) is 1. The van der Waals surface area contributed by atoms with Crippen molar-refractivity contribution in [2.75, 3.05) is 0 Å². The van der Waals surface area contributed by atoms with Crippen molar-refractivity contribution in [2.45, 2.75) is 19.1 Å². The summed E-state index contributed by atoms with van der Waals surface area (Å²) in [6.07, 6.45) is -0.458. The number of halogens is 3. The summed E-state index contributed by atoms with van der Waals surface area (Å²) in [5.41, 5.74) is 6.83. The highest BCUT2D eigenvalue weighted by molar-refractivity contribution is 9.10. The predicted octanol–water partition coefficient (Wildman–Crippen LogP) is 4.71. The van der Waals surface area contributed by atoms with Crippen molar-refractivity contribution in [1.29, 1.82) is 0 Å². The molecule has 2 N–H and O–H groups in total. The maximum atomic E-state index is 13.9. The summed E-state index contributed by atoms with van der Waals surface area (Å²) in [4.78, 5) is 0. The van der Waals surface area contributed by atoms with Gasteiger partial charge in [0.2, 0.25) is 0 Å². The molecule has 106 valence electrons. The first-order chi connectivity index (χ1) is 9.49. The number of rotatable bonds is 4. The van der Waals surface area contributed by atoms with Gasteiger partial charge >= 0.3 is 0 Å². The summed E-state index contributed by atoms with van der Waals surface area (Å²) in [5.74, 6) is -0.477. The molecule has 0 amide bonds. The second kappa shape index (κ2) is 6.57. The van der Waals surface area contributed by atoms with E-state index in [0.29, 0.717) is 0 Å². The van der Waals surface area contributed by atoms with Crippen LogP contribution in [0.2, 0.25) is 5.02 Å². The minimum Gasteiger partial charge on any atom is -0.481 e. The Morgan fingerprint density at radius 2 is 1.95 bits per heavy atom. The molecule has 0 aliphatic carbocycles. The van der Waals surface area contributed by atoms with Gasteiger partial charge in [-0.15, -0.1) is 0 Å². The van der Waals surface area contributed by atoms with Crippen LogP contribution in [0, 0.1) is 5.82 Å². The van der Waals surface area contributed by atoms with Crippen molar-refractivity contribution < 1.29 is 9.13 Å². The zero-order valence-corrected chi connectivity index (χ0v) is 13.2. The minimum atomic E-state index is -0.574. The van der Waals surface area contributed by atoms with Gasteiger partial charge < -0.3 is 10.5 Å². The summed E-state index contributed by atoms with van der Waals surface area (Å²) in [6.45, 7) is 1.81. The van der Waals surface area contributed by atoms with Gasteiger partial charge in [0, 0.05) is 10.5 Å². The number of hydrogen-bond donors (Lipinski definition) is 1. The molecular formula is C15H14BrClFNO. The van der Waals surface area contributed by atoms with E-state index in [-0.39, 0.29) is 16.8 Å². The van der Waals surface area contributed by atoms with Crippen LogP contribution in [0.4, 0.5) is 4.39 Å². The lowest BCUT2D eigenvalue weighted by atomic mass is 10.0. The molecular weight excluding hydrogens is 345 g/mol. The molecule has 0 aromatic heterocycles. The van der Waals surface area contributed by atoms with E-state index in [1.165, 1.54) is 12.1 Å². The zero-order chi connectivity index (χ0) is 14.7. The Bertz CT molecular complexity index is 606. The fourth-order valence-corrected chi connectivity index (χ4v) is 2.46. The predicted molar refractivity (Wildman–Crippen MR) is 82.6 cm³/mol. The molecule has 0 spiro atoms. The van der Waals surface area contributed by atoms with E-state index in [1.807, 2.05) is 31.2 Å². The summed E-state index contributed by atoms with van der Waals surface area (Å²) >= 11 is 9.15. The topological polar surface area (TPSA) is 35.2 Å². The molecule has 2 aromatic carbocycles. The molecule has 0 bridgehead atoms. The lowest BCUT2D eigenvalue weighted by Crippen LogP contribution is -2.29. The van der Waals surface area contributed by atoms with Crippen LogP contribution in [0.5, 0.6) is 5.75 Å². The molecule has 20 heavy (non-hydrogen) atoms. The van der Waals surface area contributed by atoms with Crippen LogP contribution in [0.15, 0.2) is 46.9 Å². The fraction of sp³-hybridized carbons (Fsp3) is 0.200. The van der Waals surface area contributed by atoms with Gasteiger partial charge in [-0.05, 0) is 36.8 Å². The fourth-order valence-electron chi connectivity index (χ4n) is 1.87. The highest BCUT2D eigenvalue weighted by Gasteiger charge is 2.20. The van der Waals surface area contributed by atoms with E-state index in [4.69, 9.17) is 22.1 Å². The average molecular weight is 359 g/mol. The first kappa shape index (κ1) is 15.3. The van der Waals surface area contributed by atoms with Gasteiger partial charge in [-0.3, -0.25) is 0 Å². The Hall–Kier alpha value is -1.10. The van der Waals surface area contributed by atoms with Crippen molar-refractivity contribution in [3.05, 3.63) is 63.3 Å². The summed E-state index contributed by atoms with van der Waals surface area (Å²) in [7, 11) is 0. The quantitative estimate of drug-likeness (QED) is 0.859. The molecule has 2 rings (SSSR count). The van der Waals surface area contributed by atoms with Gasteiger partial charge in [0.05, 0.1) is 5.02 Å². The van der Waals surface area contributed by atoms with E-state index in [9.17, 15) is 4.39 Å². The maximum absolute atomic E-state index is 13.9. The third-order valence-electron chi connectivity index (χ3n) is 2.82. The Kier molecular flexibility index (Phi) is 5.02. The molecule has 2 unspecified atom stereocenters. The normalized spacial score (nSPS) is 13.8. The summed E-state index contributed by atoms with van der Waals surface area (Å²) in [5, 5.41) is 0.0279. The van der Waals surface area contributed by atoms with Gasteiger partial charge in [0.1, 0.15) is 6.10 Å². The molecule has 2 atom stereocenters. The Morgan fingerprint density at radius 1 is 1.25 bits per heavy atom. The van der Waals surface area contributed by atoms with Crippen LogP contribution >= 0.6 is 27.5 Å².